The quantitative estimate of drug-likeness (QED) is 0.815. The van der Waals surface area contributed by atoms with E-state index in [1.54, 1.807) is 0 Å². The van der Waals surface area contributed by atoms with Crippen molar-refractivity contribution in [1.29, 1.82) is 0 Å². The summed E-state index contributed by atoms with van der Waals surface area (Å²) < 4.78 is 26.9. The Morgan fingerprint density at radius 2 is 1.79 bits per heavy atom. The molecule has 0 aliphatic carbocycles. The number of benzene rings is 1. The van der Waals surface area contributed by atoms with Crippen molar-refractivity contribution in [2.24, 2.45) is 0 Å². The van der Waals surface area contributed by atoms with Crippen molar-refractivity contribution in [1.82, 2.24) is 9.21 Å². The molecule has 136 valence electrons. The molecule has 0 unspecified atom stereocenters. The molecular weight excluding hydrogens is 399 g/mol. The summed E-state index contributed by atoms with van der Waals surface area (Å²) in [6.07, 6.45) is 1.42. The van der Waals surface area contributed by atoms with Crippen LogP contribution in [0.1, 0.15) is 23.2 Å². The molecule has 1 N–H and O–H groups in total. The number of carboxylic acids is 1. The summed E-state index contributed by atoms with van der Waals surface area (Å²) >= 11 is 11.8. The molecule has 0 saturated carbocycles. The largest absolute Gasteiger partial charge is 0.478 e. The fourth-order valence-corrected chi connectivity index (χ4v) is 4.84. The minimum Gasteiger partial charge on any atom is -0.478 e. The molecule has 1 aromatic carbocycles. The van der Waals surface area contributed by atoms with Crippen LogP contribution in [0.3, 0.4) is 0 Å². The number of nitrogens with zero attached hydrogens (tertiary/aromatic N) is 2. The summed E-state index contributed by atoms with van der Waals surface area (Å²) in [5.74, 6) is -1.30. The van der Waals surface area contributed by atoms with Gasteiger partial charge in [0.2, 0.25) is 10.0 Å². The Labute approximate surface area is 157 Å². The first-order chi connectivity index (χ1) is 10.6. The smallest absolute Gasteiger partial charge is 0.337 e. The van der Waals surface area contributed by atoms with Gasteiger partial charge in [-0.2, -0.15) is 4.31 Å². The van der Waals surface area contributed by atoms with Gasteiger partial charge in [-0.1, -0.05) is 23.2 Å². The first-order valence-corrected chi connectivity index (χ1v) is 9.23. The van der Waals surface area contributed by atoms with Gasteiger partial charge in [-0.3, -0.25) is 0 Å². The maximum absolute atomic E-state index is 12.8. The van der Waals surface area contributed by atoms with Gasteiger partial charge in [0.15, 0.2) is 0 Å². The van der Waals surface area contributed by atoms with Gasteiger partial charge in [0.05, 0.1) is 15.6 Å². The van der Waals surface area contributed by atoms with Gasteiger partial charge >= 0.3 is 5.97 Å². The van der Waals surface area contributed by atoms with Crippen molar-refractivity contribution >= 4 is 51.6 Å². The SMILES string of the molecule is CN1CCC(N(C)S(=O)(=O)c2cc(C(=O)O)c(Cl)cc2Cl)CC1.Cl. The summed E-state index contributed by atoms with van der Waals surface area (Å²) in [6, 6.07) is 2.03. The average Bonchev–Trinajstić information content (AvgIpc) is 2.46. The van der Waals surface area contributed by atoms with E-state index in [0.717, 1.165) is 25.2 Å². The van der Waals surface area contributed by atoms with Crippen molar-refractivity contribution in [2.45, 2.75) is 23.8 Å². The molecule has 2 rings (SSSR count). The second-order valence-electron chi connectivity index (χ2n) is 5.62. The Morgan fingerprint density at radius 3 is 2.29 bits per heavy atom. The number of piperidine rings is 1. The molecule has 6 nitrogen and oxygen atoms in total. The average molecular weight is 418 g/mol. The van der Waals surface area contributed by atoms with Crippen molar-refractivity contribution < 1.29 is 18.3 Å². The van der Waals surface area contributed by atoms with Gasteiger partial charge in [-0.05, 0) is 45.1 Å². The van der Waals surface area contributed by atoms with Crippen LogP contribution >= 0.6 is 35.6 Å². The van der Waals surface area contributed by atoms with E-state index < -0.39 is 16.0 Å². The summed E-state index contributed by atoms with van der Waals surface area (Å²) in [6.45, 7) is 1.61. The van der Waals surface area contributed by atoms with Gasteiger partial charge < -0.3 is 10.0 Å². The lowest BCUT2D eigenvalue weighted by atomic mass is 10.1. The van der Waals surface area contributed by atoms with Gasteiger partial charge in [0.25, 0.3) is 0 Å². The Hall–Kier alpha value is -0.570. The van der Waals surface area contributed by atoms with Gasteiger partial charge in [0.1, 0.15) is 4.90 Å². The van der Waals surface area contributed by atoms with Crippen molar-refractivity contribution in [3.8, 4) is 0 Å². The molecule has 1 aliphatic heterocycles. The third kappa shape index (κ3) is 4.33. The Kier molecular flexibility index (Phi) is 7.34. The zero-order valence-electron chi connectivity index (χ0n) is 13.2. The van der Waals surface area contributed by atoms with E-state index >= 15 is 0 Å². The number of aromatic carboxylic acids is 1. The monoisotopic (exact) mass is 416 g/mol. The molecule has 1 saturated heterocycles. The number of hydrogen-bond donors (Lipinski definition) is 1. The van der Waals surface area contributed by atoms with Crippen LogP contribution < -0.4 is 0 Å². The number of carbonyl (C=O) groups is 1. The highest BCUT2D eigenvalue weighted by Crippen LogP contribution is 2.32. The van der Waals surface area contributed by atoms with Crippen LogP contribution in [0.15, 0.2) is 17.0 Å². The topological polar surface area (TPSA) is 77.9 Å². The zero-order chi connectivity index (χ0) is 17.4. The first kappa shape index (κ1) is 21.5. The fourth-order valence-electron chi connectivity index (χ4n) is 2.60. The fraction of sp³-hybridized carbons (Fsp3) is 0.500. The standard InChI is InChI=1S/C14H18Cl2N2O4S.ClH/c1-17-5-3-9(4-6-17)18(2)23(21,22)13-7-10(14(19)20)11(15)8-12(13)16;/h7-9H,3-6H2,1-2H3,(H,19,20);1H. The molecule has 1 heterocycles. The third-order valence-corrected chi connectivity index (χ3v) is 6.80. The number of carboxylic acid groups (broad SMARTS) is 1. The number of halogens is 3. The lowest BCUT2D eigenvalue weighted by molar-refractivity contribution is 0.0697. The predicted octanol–water partition coefficient (Wildman–Crippen LogP) is 2.83. The molecule has 1 aliphatic rings. The van der Waals surface area contributed by atoms with Crippen molar-refractivity contribution in [2.75, 3.05) is 27.2 Å². The molecule has 0 spiro atoms. The summed E-state index contributed by atoms with van der Waals surface area (Å²) in [7, 11) is -0.416. The van der Waals surface area contributed by atoms with Crippen molar-refractivity contribution in [3.63, 3.8) is 0 Å². The highest BCUT2D eigenvalue weighted by molar-refractivity contribution is 7.89. The number of rotatable bonds is 4. The van der Waals surface area contributed by atoms with E-state index in [-0.39, 0.29) is 39.0 Å². The number of sulfonamides is 1. The van der Waals surface area contributed by atoms with Gasteiger partial charge in [0, 0.05) is 13.1 Å². The second-order valence-corrected chi connectivity index (χ2v) is 8.40. The second kappa shape index (κ2) is 8.21. The molecular formula is C14H19Cl3N2O4S. The van der Waals surface area contributed by atoms with Crippen LogP contribution in [0.4, 0.5) is 0 Å². The Balaban J connectivity index is 0.00000288. The molecule has 24 heavy (non-hydrogen) atoms. The highest BCUT2D eigenvalue weighted by Gasteiger charge is 2.32. The highest BCUT2D eigenvalue weighted by atomic mass is 35.5. The summed E-state index contributed by atoms with van der Waals surface area (Å²) in [4.78, 5) is 13.1. The van der Waals surface area contributed by atoms with E-state index in [0.29, 0.717) is 12.8 Å². The van der Waals surface area contributed by atoms with Crippen LogP contribution in [0.5, 0.6) is 0 Å². The minimum absolute atomic E-state index is 0. The van der Waals surface area contributed by atoms with E-state index in [2.05, 4.69) is 4.90 Å². The van der Waals surface area contributed by atoms with Crippen LogP contribution in [-0.4, -0.2) is 61.9 Å². The van der Waals surface area contributed by atoms with E-state index in [4.69, 9.17) is 28.3 Å². The molecule has 10 heteroatoms. The molecule has 1 aromatic rings. The van der Waals surface area contributed by atoms with Crippen LogP contribution in [0.2, 0.25) is 10.0 Å². The Morgan fingerprint density at radius 1 is 1.25 bits per heavy atom. The molecule has 0 radical (unpaired) electrons. The maximum atomic E-state index is 12.8. The molecule has 1 fully saturated rings. The molecule has 0 amide bonds. The Bertz CT molecular complexity index is 719. The summed E-state index contributed by atoms with van der Waals surface area (Å²) in [5, 5.41) is 8.94. The lowest BCUT2D eigenvalue weighted by Crippen LogP contribution is -2.44. The molecule has 0 bridgehead atoms. The van der Waals surface area contributed by atoms with Gasteiger partial charge in [-0.15, -0.1) is 12.4 Å². The summed E-state index contributed by atoms with van der Waals surface area (Å²) in [5.41, 5.74) is -0.286. The van der Waals surface area contributed by atoms with E-state index in [1.807, 2.05) is 7.05 Å². The lowest BCUT2D eigenvalue weighted by Gasteiger charge is -2.34. The zero-order valence-corrected chi connectivity index (χ0v) is 16.3. The minimum atomic E-state index is -3.90. The normalized spacial score (nSPS) is 16.9. The van der Waals surface area contributed by atoms with Crippen molar-refractivity contribution in [3.05, 3.63) is 27.7 Å². The first-order valence-electron chi connectivity index (χ1n) is 7.03. The van der Waals surface area contributed by atoms with Crippen LogP contribution in [-0.2, 0) is 10.0 Å². The predicted molar refractivity (Wildman–Crippen MR) is 96.1 cm³/mol. The molecule has 0 aromatic heterocycles. The van der Waals surface area contributed by atoms with Crippen LogP contribution in [0.25, 0.3) is 0 Å². The van der Waals surface area contributed by atoms with E-state index in [1.165, 1.54) is 11.4 Å². The number of likely N-dealkylation sites (tertiary alicyclic amines) is 1. The van der Waals surface area contributed by atoms with Gasteiger partial charge in [-0.25, -0.2) is 13.2 Å². The van der Waals surface area contributed by atoms with E-state index in [9.17, 15) is 13.2 Å². The molecule has 0 atom stereocenters. The maximum Gasteiger partial charge on any atom is 0.337 e. The number of hydrogen-bond acceptors (Lipinski definition) is 4. The third-order valence-electron chi connectivity index (χ3n) is 4.11. The van der Waals surface area contributed by atoms with Crippen LogP contribution in [0, 0.1) is 0 Å².